The van der Waals surface area contributed by atoms with Crippen LogP contribution in [0.15, 0.2) is 97.2 Å². The molecule has 5 rings (SSSR count). The van der Waals surface area contributed by atoms with E-state index in [-0.39, 0.29) is 5.69 Å². The highest BCUT2D eigenvalue weighted by molar-refractivity contribution is 5.87. The molecule has 0 aliphatic rings. The van der Waals surface area contributed by atoms with Crippen LogP contribution in [0.5, 0.6) is 5.75 Å². The summed E-state index contributed by atoms with van der Waals surface area (Å²) in [6.45, 7) is 0.494. The lowest BCUT2D eigenvalue weighted by molar-refractivity contribution is 0.0690. The lowest BCUT2D eigenvalue weighted by Gasteiger charge is -2.11. The van der Waals surface area contributed by atoms with Gasteiger partial charge >= 0.3 is 5.97 Å². The van der Waals surface area contributed by atoms with Gasteiger partial charge in [0.05, 0.1) is 5.69 Å². The Morgan fingerprint density at radius 1 is 0.875 bits per heavy atom. The Balaban J connectivity index is 1.52. The van der Waals surface area contributed by atoms with Gasteiger partial charge in [0.25, 0.3) is 0 Å². The summed E-state index contributed by atoms with van der Waals surface area (Å²) in [7, 11) is 0. The van der Waals surface area contributed by atoms with E-state index >= 15 is 0 Å². The quantitative estimate of drug-likeness (QED) is 0.400. The number of carbonyl (C=O) groups is 1. The summed E-state index contributed by atoms with van der Waals surface area (Å²) < 4.78 is 7.40. The lowest BCUT2D eigenvalue weighted by atomic mass is 10.0. The van der Waals surface area contributed by atoms with Gasteiger partial charge in [0.2, 0.25) is 0 Å². The van der Waals surface area contributed by atoms with Crippen molar-refractivity contribution < 1.29 is 14.6 Å². The van der Waals surface area contributed by atoms with Crippen LogP contribution in [0, 0.1) is 0 Å². The molecule has 0 aliphatic heterocycles. The third-order valence-corrected chi connectivity index (χ3v) is 5.13. The molecule has 2 heterocycles. The fourth-order valence-corrected chi connectivity index (χ4v) is 3.52. The Kier molecular flexibility index (Phi) is 5.09. The van der Waals surface area contributed by atoms with Crippen LogP contribution in [0.25, 0.3) is 28.0 Å². The molecular weight excluding hydrogens is 402 g/mol. The van der Waals surface area contributed by atoms with E-state index in [9.17, 15) is 9.90 Å². The van der Waals surface area contributed by atoms with Gasteiger partial charge in [-0.05, 0) is 35.4 Å². The molecule has 0 saturated heterocycles. The van der Waals surface area contributed by atoms with Crippen LogP contribution in [0.1, 0.15) is 16.1 Å². The standard InChI is InChI=1S/C26H19N3O3/c30-26(31)23-15-24-27-25(22(16-29(24)28-23)19-9-5-2-6-10-19)20-11-13-21(14-12-20)32-17-18-7-3-1-4-8-18/h1-16H,17H2,(H,30,31). The molecule has 0 spiro atoms. The van der Waals surface area contributed by atoms with E-state index in [2.05, 4.69) is 5.10 Å². The van der Waals surface area contributed by atoms with E-state index in [1.165, 1.54) is 10.6 Å². The van der Waals surface area contributed by atoms with Crippen molar-refractivity contribution in [3.05, 3.63) is 108 Å². The first kappa shape index (κ1) is 19.5. The van der Waals surface area contributed by atoms with Crippen molar-refractivity contribution in [2.75, 3.05) is 0 Å². The van der Waals surface area contributed by atoms with Gasteiger partial charge in [-0.3, -0.25) is 0 Å². The molecule has 0 amide bonds. The van der Waals surface area contributed by atoms with Crippen molar-refractivity contribution in [1.29, 1.82) is 0 Å². The van der Waals surface area contributed by atoms with Gasteiger partial charge < -0.3 is 9.84 Å². The summed E-state index contributed by atoms with van der Waals surface area (Å²) in [5.74, 6) is -0.323. The summed E-state index contributed by atoms with van der Waals surface area (Å²) in [6, 6.07) is 29.1. The summed E-state index contributed by atoms with van der Waals surface area (Å²) >= 11 is 0. The molecule has 2 aromatic heterocycles. The minimum absolute atomic E-state index is 0.0432. The normalized spacial score (nSPS) is 10.9. The highest BCUT2D eigenvalue weighted by Gasteiger charge is 2.15. The van der Waals surface area contributed by atoms with Crippen LogP contribution in [0.3, 0.4) is 0 Å². The van der Waals surface area contributed by atoms with E-state index in [4.69, 9.17) is 9.72 Å². The van der Waals surface area contributed by atoms with Gasteiger partial charge in [0.15, 0.2) is 11.3 Å². The van der Waals surface area contributed by atoms with Crippen LogP contribution in [0.2, 0.25) is 0 Å². The Bertz CT molecular complexity index is 1380. The number of rotatable bonds is 6. The molecule has 0 unspecified atom stereocenters. The molecule has 156 valence electrons. The SMILES string of the molecule is O=C(O)c1cc2nc(-c3ccc(OCc4ccccc4)cc3)c(-c3ccccc3)cn2n1. The Hall–Kier alpha value is -4.45. The van der Waals surface area contributed by atoms with Crippen LogP contribution < -0.4 is 4.74 Å². The van der Waals surface area contributed by atoms with E-state index in [1.807, 2.05) is 91.1 Å². The van der Waals surface area contributed by atoms with Crippen LogP contribution >= 0.6 is 0 Å². The van der Waals surface area contributed by atoms with Crippen molar-refractivity contribution in [3.8, 4) is 28.1 Å². The molecule has 0 atom stereocenters. The first-order valence-electron chi connectivity index (χ1n) is 10.1. The molecule has 6 heteroatoms. The lowest BCUT2D eigenvalue weighted by Crippen LogP contribution is -1.99. The molecule has 6 nitrogen and oxygen atoms in total. The molecule has 0 radical (unpaired) electrons. The maximum absolute atomic E-state index is 11.4. The molecule has 32 heavy (non-hydrogen) atoms. The van der Waals surface area contributed by atoms with Crippen molar-refractivity contribution in [2.45, 2.75) is 6.61 Å². The zero-order valence-electron chi connectivity index (χ0n) is 17.1. The Morgan fingerprint density at radius 2 is 1.56 bits per heavy atom. The third kappa shape index (κ3) is 3.94. The molecule has 0 saturated carbocycles. The van der Waals surface area contributed by atoms with Gasteiger partial charge in [-0.2, -0.15) is 5.10 Å². The summed E-state index contributed by atoms with van der Waals surface area (Å²) in [6.07, 6.45) is 1.82. The number of aromatic carboxylic acids is 1. The highest BCUT2D eigenvalue weighted by atomic mass is 16.5. The molecule has 0 bridgehead atoms. The molecule has 3 aromatic carbocycles. The number of ether oxygens (including phenoxy) is 1. The fourth-order valence-electron chi connectivity index (χ4n) is 3.52. The van der Waals surface area contributed by atoms with Crippen LogP contribution in [-0.2, 0) is 6.61 Å². The smallest absolute Gasteiger partial charge is 0.356 e. The summed E-state index contributed by atoms with van der Waals surface area (Å²) in [4.78, 5) is 16.1. The maximum atomic E-state index is 11.4. The molecule has 0 aliphatic carbocycles. The zero-order chi connectivity index (χ0) is 21.9. The number of carboxylic acid groups (broad SMARTS) is 1. The topological polar surface area (TPSA) is 76.7 Å². The average Bonchev–Trinajstić information content (AvgIpc) is 3.27. The number of carboxylic acids is 1. The zero-order valence-corrected chi connectivity index (χ0v) is 17.1. The number of aromatic nitrogens is 3. The monoisotopic (exact) mass is 421 g/mol. The molecule has 0 fully saturated rings. The van der Waals surface area contributed by atoms with E-state index in [0.29, 0.717) is 12.3 Å². The van der Waals surface area contributed by atoms with Crippen LogP contribution in [0.4, 0.5) is 0 Å². The average molecular weight is 421 g/mol. The van der Waals surface area contributed by atoms with E-state index in [1.54, 1.807) is 0 Å². The van der Waals surface area contributed by atoms with Crippen LogP contribution in [-0.4, -0.2) is 25.7 Å². The minimum Gasteiger partial charge on any atom is -0.489 e. The number of fused-ring (bicyclic) bond motifs is 1. The van der Waals surface area contributed by atoms with Gasteiger partial charge in [0.1, 0.15) is 12.4 Å². The highest BCUT2D eigenvalue weighted by Crippen LogP contribution is 2.32. The van der Waals surface area contributed by atoms with Gasteiger partial charge in [-0.25, -0.2) is 14.3 Å². The second-order valence-corrected chi connectivity index (χ2v) is 7.31. The minimum atomic E-state index is -1.08. The predicted octanol–water partition coefficient (Wildman–Crippen LogP) is 5.34. The van der Waals surface area contributed by atoms with Crippen molar-refractivity contribution in [1.82, 2.24) is 14.6 Å². The van der Waals surface area contributed by atoms with Gasteiger partial charge in [0, 0.05) is 23.4 Å². The van der Waals surface area contributed by atoms with E-state index in [0.717, 1.165) is 33.7 Å². The number of hydrogen-bond donors (Lipinski definition) is 1. The maximum Gasteiger partial charge on any atom is 0.356 e. The Morgan fingerprint density at radius 3 is 2.25 bits per heavy atom. The fraction of sp³-hybridized carbons (Fsp3) is 0.0385. The second-order valence-electron chi connectivity index (χ2n) is 7.31. The molecule has 5 aromatic rings. The largest absolute Gasteiger partial charge is 0.489 e. The summed E-state index contributed by atoms with van der Waals surface area (Å²) in [5, 5.41) is 13.4. The van der Waals surface area contributed by atoms with Gasteiger partial charge in [-0.15, -0.1) is 0 Å². The third-order valence-electron chi connectivity index (χ3n) is 5.13. The van der Waals surface area contributed by atoms with E-state index < -0.39 is 5.97 Å². The van der Waals surface area contributed by atoms with Gasteiger partial charge in [-0.1, -0.05) is 60.7 Å². The number of hydrogen-bond acceptors (Lipinski definition) is 4. The Labute approximate surface area is 184 Å². The molecular formula is C26H19N3O3. The molecule has 1 N–H and O–H groups in total. The summed E-state index contributed by atoms with van der Waals surface area (Å²) in [5.41, 5.74) is 5.00. The second kappa shape index (κ2) is 8.35. The van der Waals surface area contributed by atoms with Crippen molar-refractivity contribution in [3.63, 3.8) is 0 Å². The number of nitrogens with zero attached hydrogens (tertiary/aromatic N) is 3. The predicted molar refractivity (Wildman–Crippen MR) is 122 cm³/mol. The van der Waals surface area contributed by atoms with Crippen molar-refractivity contribution in [2.24, 2.45) is 0 Å². The van der Waals surface area contributed by atoms with Crippen molar-refractivity contribution >= 4 is 11.6 Å². The first-order chi connectivity index (χ1) is 15.7. The first-order valence-corrected chi connectivity index (χ1v) is 10.1. The number of benzene rings is 3.